The molecular formula is C16H15Cl2N5OS2. The highest BCUT2D eigenvalue weighted by Crippen LogP contribution is 2.30. The van der Waals surface area contributed by atoms with Crippen LogP contribution in [0.1, 0.15) is 13.8 Å². The quantitative estimate of drug-likeness (QED) is 0.569. The predicted octanol–water partition coefficient (Wildman–Crippen LogP) is 4.85. The van der Waals surface area contributed by atoms with Crippen molar-refractivity contribution in [3.05, 3.63) is 39.8 Å². The zero-order valence-electron chi connectivity index (χ0n) is 13.9. The molecule has 0 saturated heterocycles. The third-order valence-corrected chi connectivity index (χ3v) is 5.92. The molecule has 0 aliphatic carbocycles. The lowest BCUT2D eigenvalue weighted by molar-refractivity contribution is -0.115. The van der Waals surface area contributed by atoms with Crippen LogP contribution in [0.15, 0.2) is 34.9 Å². The van der Waals surface area contributed by atoms with Crippen LogP contribution >= 0.6 is 46.3 Å². The Labute approximate surface area is 168 Å². The van der Waals surface area contributed by atoms with E-state index in [-0.39, 0.29) is 11.7 Å². The van der Waals surface area contributed by atoms with E-state index in [9.17, 15) is 4.79 Å². The van der Waals surface area contributed by atoms with Crippen LogP contribution in [0.4, 0.5) is 5.82 Å². The number of carbonyl (C=O) groups is 1. The van der Waals surface area contributed by atoms with Gasteiger partial charge >= 0.3 is 0 Å². The van der Waals surface area contributed by atoms with Crippen molar-refractivity contribution in [2.75, 3.05) is 5.32 Å². The van der Waals surface area contributed by atoms with Crippen LogP contribution in [0.25, 0.3) is 10.7 Å². The van der Waals surface area contributed by atoms with E-state index >= 15 is 0 Å². The van der Waals surface area contributed by atoms with Gasteiger partial charge in [0.2, 0.25) is 5.91 Å². The van der Waals surface area contributed by atoms with Crippen molar-refractivity contribution in [1.29, 1.82) is 0 Å². The van der Waals surface area contributed by atoms with E-state index in [1.165, 1.54) is 24.0 Å². The van der Waals surface area contributed by atoms with E-state index in [1.807, 2.05) is 29.0 Å². The lowest BCUT2D eigenvalue weighted by Gasteiger charge is -2.13. The first-order valence-corrected chi connectivity index (χ1v) is 10.3. The lowest BCUT2D eigenvalue weighted by atomic mass is 10.4. The molecule has 0 unspecified atom stereocenters. The molecule has 0 bridgehead atoms. The van der Waals surface area contributed by atoms with Gasteiger partial charge in [-0.1, -0.05) is 41.0 Å². The molecule has 0 aliphatic heterocycles. The summed E-state index contributed by atoms with van der Waals surface area (Å²) < 4.78 is 1.99. The summed E-state index contributed by atoms with van der Waals surface area (Å²) in [6.45, 7) is 4.53. The molecule has 3 heterocycles. The summed E-state index contributed by atoms with van der Waals surface area (Å²) in [4.78, 5) is 17.6. The first kappa shape index (κ1) is 19.2. The Morgan fingerprint density at radius 1 is 1.42 bits per heavy atom. The van der Waals surface area contributed by atoms with Crippen LogP contribution in [0.3, 0.4) is 0 Å². The van der Waals surface area contributed by atoms with E-state index in [0.717, 1.165) is 10.7 Å². The van der Waals surface area contributed by atoms with E-state index in [2.05, 4.69) is 20.5 Å². The summed E-state index contributed by atoms with van der Waals surface area (Å²) in [6, 6.07) is 5.50. The first-order chi connectivity index (χ1) is 12.5. The zero-order chi connectivity index (χ0) is 18.7. The van der Waals surface area contributed by atoms with Gasteiger partial charge < -0.3 is 9.88 Å². The van der Waals surface area contributed by atoms with E-state index in [0.29, 0.717) is 21.7 Å². The Morgan fingerprint density at radius 2 is 2.23 bits per heavy atom. The minimum absolute atomic E-state index is 0.227. The molecule has 0 fully saturated rings. The number of rotatable bonds is 6. The largest absolute Gasteiger partial charge is 0.308 e. The summed E-state index contributed by atoms with van der Waals surface area (Å²) in [5.74, 6) is 0.861. The fourth-order valence-electron chi connectivity index (χ4n) is 2.19. The normalized spacial score (nSPS) is 12.2. The number of thiophene rings is 1. The maximum Gasteiger partial charge on any atom is 0.238 e. The minimum Gasteiger partial charge on any atom is -0.308 e. The number of pyridine rings is 1. The summed E-state index contributed by atoms with van der Waals surface area (Å²) in [5, 5.41) is 14.2. The molecule has 1 atom stereocenters. The highest BCUT2D eigenvalue weighted by atomic mass is 35.5. The van der Waals surface area contributed by atoms with E-state index in [4.69, 9.17) is 23.2 Å². The average Bonchev–Trinajstić information content (AvgIpc) is 3.26. The van der Waals surface area contributed by atoms with Crippen LogP contribution in [-0.4, -0.2) is 30.9 Å². The molecule has 3 aromatic rings. The second-order valence-corrected chi connectivity index (χ2v) is 8.36. The Balaban J connectivity index is 1.73. The number of nitrogens with zero attached hydrogens (tertiary/aromatic N) is 4. The molecular weight excluding hydrogens is 413 g/mol. The third-order valence-electron chi connectivity index (χ3n) is 3.48. The van der Waals surface area contributed by atoms with Gasteiger partial charge in [0, 0.05) is 12.7 Å². The number of hydrogen-bond donors (Lipinski definition) is 1. The number of aromatic nitrogens is 4. The van der Waals surface area contributed by atoms with Crippen LogP contribution in [0.2, 0.25) is 10.0 Å². The molecule has 10 heteroatoms. The predicted molar refractivity (Wildman–Crippen MR) is 107 cm³/mol. The second-order valence-electron chi connectivity index (χ2n) is 5.26. The summed E-state index contributed by atoms with van der Waals surface area (Å²) >= 11 is 14.8. The highest BCUT2D eigenvalue weighted by Gasteiger charge is 2.21. The van der Waals surface area contributed by atoms with Crippen molar-refractivity contribution in [3.63, 3.8) is 0 Å². The van der Waals surface area contributed by atoms with Gasteiger partial charge in [-0.25, -0.2) is 4.98 Å². The first-order valence-electron chi connectivity index (χ1n) is 7.75. The van der Waals surface area contributed by atoms with Gasteiger partial charge in [0.25, 0.3) is 0 Å². The number of carbonyl (C=O) groups excluding carboxylic acids is 1. The van der Waals surface area contributed by atoms with Gasteiger partial charge in [-0.15, -0.1) is 21.5 Å². The van der Waals surface area contributed by atoms with Gasteiger partial charge in [-0.2, -0.15) is 0 Å². The standard InChI is InChI=1S/C16H15Cl2N5OS2/c1-3-23-14(12-5-4-6-25-12)21-22-16(23)26-9(2)15(24)20-13-11(18)7-10(17)8-19-13/h4-9H,3H2,1-2H3,(H,19,20,24)/t9-/m1/s1. The van der Waals surface area contributed by atoms with Gasteiger partial charge in [0.15, 0.2) is 16.8 Å². The van der Waals surface area contributed by atoms with Crippen LogP contribution in [0.5, 0.6) is 0 Å². The summed E-state index contributed by atoms with van der Waals surface area (Å²) in [5.41, 5.74) is 0. The molecule has 0 aliphatic rings. The maximum absolute atomic E-state index is 12.5. The Kier molecular flexibility index (Phi) is 6.18. The monoisotopic (exact) mass is 427 g/mol. The summed E-state index contributed by atoms with van der Waals surface area (Å²) in [6.07, 6.45) is 1.43. The van der Waals surface area contributed by atoms with Gasteiger partial charge in [0.1, 0.15) is 0 Å². The Hall–Kier alpha value is -1.61. The molecule has 1 N–H and O–H groups in total. The van der Waals surface area contributed by atoms with Gasteiger partial charge in [-0.05, 0) is 31.4 Å². The number of anilines is 1. The Bertz CT molecular complexity index is 914. The molecule has 3 aromatic heterocycles. The molecule has 1 amide bonds. The van der Waals surface area contributed by atoms with Crippen LogP contribution in [0, 0.1) is 0 Å². The van der Waals surface area contributed by atoms with Crippen molar-refractivity contribution in [1.82, 2.24) is 19.7 Å². The topological polar surface area (TPSA) is 72.7 Å². The van der Waals surface area contributed by atoms with Gasteiger partial charge in [-0.3, -0.25) is 4.79 Å². The molecule has 0 aromatic carbocycles. The fourth-order valence-corrected chi connectivity index (χ4v) is 4.24. The van der Waals surface area contributed by atoms with Crippen molar-refractivity contribution in [2.45, 2.75) is 30.8 Å². The van der Waals surface area contributed by atoms with E-state index in [1.54, 1.807) is 18.3 Å². The van der Waals surface area contributed by atoms with Crippen LogP contribution < -0.4 is 5.32 Å². The van der Waals surface area contributed by atoms with E-state index < -0.39 is 5.25 Å². The number of hydrogen-bond acceptors (Lipinski definition) is 6. The van der Waals surface area contributed by atoms with Crippen molar-refractivity contribution in [2.24, 2.45) is 0 Å². The second kappa shape index (κ2) is 8.39. The lowest BCUT2D eigenvalue weighted by Crippen LogP contribution is -2.23. The molecule has 0 spiro atoms. The number of halogens is 2. The molecule has 3 rings (SSSR count). The van der Waals surface area contributed by atoms with Gasteiger partial charge in [0.05, 0.1) is 20.2 Å². The smallest absolute Gasteiger partial charge is 0.238 e. The van der Waals surface area contributed by atoms with Crippen molar-refractivity contribution >= 4 is 58.0 Å². The molecule has 6 nitrogen and oxygen atoms in total. The zero-order valence-corrected chi connectivity index (χ0v) is 17.1. The molecule has 0 radical (unpaired) electrons. The molecule has 136 valence electrons. The molecule has 26 heavy (non-hydrogen) atoms. The average molecular weight is 428 g/mol. The maximum atomic E-state index is 12.5. The molecule has 0 saturated carbocycles. The number of amides is 1. The highest BCUT2D eigenvalue weighted by molar-refractivity contribution is 8.00. The fraction of sp³-hybridized carbons (Fsp3) is 0.250. The summed E-state index contributed by atoms with van der Waals surface area (Å²) in [7, 11) is 0. The number of nitrogens with one attached hydrogen (secondary N) is 1. The van der Waals surface area contributed by atoms with Crippen LogP contribution in [-0.2, 0) is 11.3 Å². The van der Waals surface area contributed by atoms with Crippen molar-refractivity contribution < 1.29 is 4.79 Å². The Morgan fingerprint density at radius 3 is 2.88 bits per heavy atom. The third kappa shape index (κ3) is 4.20. The SMILES string of the molecule is CCn1c(S[C@H](C)C(=O)Nc2ncc(Cl)cc2Cl)nnc1-c1cccs1. The number of thioether (sulfide) groups is 1. The van der Waals surface area contributed by atoms with Crippen molar-refractivity contribution in [3.8, 4) is 10.7 Å². The minimum atomic E-state index is -0.408.